The Kier molecular flexibility index (Phi) is 5.31. The molecule has 4 nitrogen and oxygen atoms in total. The van der Waals surface area contributed by atoms with Crippen LogP contribution >= 0.6 is 0 Å². The molecule has 2 unspecified atom stereocenters. The lowest BCUT2D eigenvalue weighted by Crippen LogP contribution is -2.46. The number of rotatable bonds is 4. The lowest BCUT2D eigenvalue weighted by atomic mass is 9.88. The minimum Gasteiger partial charge on any atom is -0.386 e. The van der Waals surface area contributed by atoms with E-state index in [2.05, 4.69) is 0 Å². The molecule has 0 amide bonds. The van der Waals surface area contributed by atoms with Gasteiger partial charge in [-0.15, -0.1) is 0 Å². The minimum absolute atomic E-state index is 0.0784. The van der Waals surface area contributed by atoms with Crippen LogP contribution in [0.1, 0.15) is 28.7 Å². The van der Waals surface area contributed by atoms with Crippen molar-refractivity contribution in [1.29, 1.82) is 0 Å². The van der Waals surface area contributed by atoms with E-state index in [1.54, 1.807) is 37.3 Å². The van der Waals surface area contributed by atoms with E-state index >= 15 is 0 Å². The number of benzene rings is 3. The number of fused-ring (bicyclic) bond motifs is 1. The van der Waals surface area contributed by atoms with Gasteiger partial charge >= 0.3 is 6.18 Å². The van der Waals surface area contributed by atoms with E-state index in [1.165, 1.54) is 48.5 Å². The molecule has 162 valence electrons. The number of aliphatic hydroxyl groups excluding tert-OH is 1. The molecule has 0 saturated heterocycles. The predicted molar refractivity (Wildman–Crippen MR) is 111 cm³/mol. The van der Waals surface area contributed by atoms with Crippen molar-refractivity contribution in [1.82, 2.24) is 0 Å². The van der Waals surface area contributed by atoms with Crippen LogP contribution < -0.4 is 4.31 Å². The number of alkyl halides is 3. The third-order valence-corrected chi connectivity index (χ3v) is 7.34. The molecular formula is C23H20F3NO3S. The first kappa shape index (κ1) is 21.4. The largest absolute Gasteiger partial charge is 0.397 e. The second kappa shape index (κ2) is 7.69. The van der Waals surface area contributed by atoms with Gasteiger partial charge in [0.2, 0.25) is 0 Å². The molecule has 3 aromatic carbocycles. The molecule has 0 radical (unpaired) electrons. The van der Waals surface area contributed by atoms with Gasteiger partial charge in [-0.1, -0.05) is 66.2 Å². The summed E-state index contributed by atoms with van der Waals surface area (Å²) in [4.78, 5) is -0.138. The topological polar surface area (TPSA) is 57.6 Å². The summed E-state index contributed by atoms with van der Waals surface area (Å²) in [5.74, 6) is -2.18. The van der Waals surface area contributed by atoms with Crippen molar-refractivity contribution in [2.45, 2.75) is 36.1 Å². The number of halogens is 3. The Labute approximate surface area is 178 Å². The number of para-hydroxylation sites is 1. The lowest BCUT2D eigenvalue weighted by Gasteiger charge is -2.34. The van der Waals surface area contributed by atoms with E-state index < -0.39 is 34.3 Å². The van der Waals surface area contributed by atoms with Gasteiger partial charge in [0.05, 0.1) is 16.6 Å². The Hall–Kier alpha value is -2.84. The molecule has 31 heavy (non-hydrogen) atoms. The van der Waals surface area contributed by atoms with Gasteiger partial charge in [-0.2, -0.15) is 13.2 Å². The molecule has 0 fully saturated rings. The van der Waals surface area contributed by atoms with Crippen molar-refractivity contribution in [2.75, 3.05) is 4.31 Å². The van der Waals surface area contributed by atoms with E-state index in [0.717, 1.165) is 9.87 Å². The van der Waals surface area contributed by atoms with Crippen molar-refractivity contribution in [2.24, 2.45) is 0 Å². The molecule has 1 aliphatic rings. The Balaban J connectivity index is 1.95. The van der Waals surface area contributed by atoms with Gasteiger partial charge in [-0.05, 0) is 36.2 Å². The summed E-state index contributed by atoms with van der Waals surface area (Å²) < 4.78 is 70.6. The molecule has 0 spiro atoms. The van der Waals surface area contributed by atoms with Gasteiger partial charge in [-0.3, -0.25) is 4.31 Å². The molecule has 0 saturated carbocycles. The minimum atomic E-state index is -4.77. The molecule has 0 bridgehead atoms. The molecule has 3 atom stereocenters. The van der Waals surface area contributed by atoms with Crippen LogP contribution in [0.25, 0.3) is 0 Å². The molecule has 1 N–H and O–H groups in total. The van der Waals surface area contributed by atoms with Gasteiger partial charge in [-0.25, -0.2) is 8.42 Å². The third kappa shape index (κ3) is 3.70. The maximum absolute atomic E-state index is 14.2. The van der Waals surface area contributed by atoms with Crippen LogP contribution in [0, 0.1) is 6.92 Å². The van der Waals surface area contributed by atoms with E-state index in [4.69, 9.17) is 0 Å². The Morgan fingerprint density at radius 1 is 0.903 bits per heavy atom. The van der Waals surface area contributed by atoms with E-state index in [0.29, 0.717) is 0 Å². The highest BCUT2D eigenvalue weighted by Crippen LogP contribution is 2.54. The fraction of sp³-hybridized carbons (Fsp3) is 0.217. The average molecular weight is 447 g/mol. The number of aliphatic hydroxyl groups is 1. The zero-order valence-electron chi connectivity index (χ0n) is 16.5. The molecule has 4 rings (SSSR count). The normalized spacial score (nSPS) is 19.8. The highest BCUT2D eigenvalue weighted by Gasteiger charge is 2.58. The summed E-state index contributed by atoms with van der Waals surface area (Å²) in [6, 6.07) is 17.4. The Morgan fingerprint density at radius 3 is 2.10 bits per heavy atom. The first-order chi connectivity index (χ1) is 14.6. The van der Waals surface area contributed by atoms with Gasteiger partial charge in [0, 0.05) is 0 Å². The first-order valence-electron chi connectivity index (χ1n) is 9.62. The number of nitrogens with zero attached hydrogens (tertiary/aromatic N) is 1. The molecule has 3 aromatic rings. The lowest BCUT2D eigenvalue weighted by molar-refractivity contribution is -0.158. The number of aryl methyl sites for hydroxylation is 1. The molecule has 8 heteroatoms. The predicted octanol–water partition coefficient (Wildman–Crippen LogP) is 4.95. The van der Waals surface area contributed by atoms with Gasteiger partial charge in [0.1, 0.15) is 12.0 Å². The summed E-state index contributed by atoms with van der Waals surface area (Å²) in [5, 5.41) is 11.0. The van der Waals surface area contributed by atoms with Crippen LogP contribution in [-0.4, -0.2) is 25.7 Å². The molecule has 1 heterocycles. The Morgan fingerprint density at radius 2 is 1.48 bits per heavy atom. The number of hydrogen-bond donors (Lipinski definition) is 1. The van der Waals surface area contributed by atoms with Crippen LogP contribution in [0.5, 0.6) is 0 Å². The maximum Gasteiger partial charge on any atom is 0.397 e. The quantitative estimate of drug-likeness (QED) is 0.616. The smallest absolute Gasteiger partial charge is 0.386 e. The summed E-state index contributed by atoms with van der Waals surface area (Å²) in [5.41, 5.74) is 0.768. The summed E-state index contributed by atoms with van der Waals surface area (Å²) in [6.45, 7) is 1.78. The third-order valence-electron chi connectivity index (χ3n) is 5.52. The van der Waals surface area contributed by atoms with E-state index in [1.807, 2.05) is 0 Å². The van der Waals surface area contributed by atoms with Crippen molar-refractivity contribution in [3.63, 3.8) is 0 Å². The molecular weight excluding hydrogens is 427 g/mol. The number of hydrogen-bond acceptors (Lipinski definition) is 3. The zero-order valence-corrected chi connectivity index (χ0v) is 17.3. The fourth-order valence-electron chi connectivity index (χ4n) is 4.07. The standard InChI is InChI=1S/C23H20F3NO3S/c1-15-11-13-17(14-12-15)31(29,30)27-19-10-6-5-9-18(19)20(23(24,25)26)21(27)22(28)16-7-3-2-4-8-16/h2-14,20-22,28H,1H3/t20?,21-,22?/m1/s1. The highest BCUT2D eigenvalue weighted by molar-refractivity contribution is 7.92. The van der Waals surface area contributed by atoms with Crippen LogP contribution in [0.4, 0.5) is 18.9 Å². The zero-order chi connectivity index (χ0) is 22.4. The van der Waals surface area contributed by atoms with Crippen LogP contribution in [0.3, 0.4) is 0 Å². The Bertz CT molecular complexity index is 1180. The SMILES string of the molecule is Cc1ccc(S(=O)(=O)N2c3ccccc3C(C(F)(F)F)[C@@H]2C(O)c2ccccc2)cc1. The van der Waals surface area contributed by atoms with Crippen LogP contribution in [0.2, 0.25) is 0 Å². The first-order valence-corrected chi connectivity index (χ1v) is 11.1. The number of anilines is 1. The van der Waals surface area contributed by atoms with E-state index in [-0.39, 0.29) is 21.7 Å². The van der Waals surface area contributed by atoms with Crippen LogP contribution in [0.15, 0.2) is 83.8 Å². The fourth-order valence-corrected chi connectivity index (χ4v) is 5.76. The van der Waals surface area contributed by atoms with Crippen molar-refractivity contribution in [3.8, 4) is 0 Å². The summed E-state index contributed by atoms with van der Waals surface area (Å²) in [7, 11) is -4.39. The van der Waals surface area contributed by atoms with Crippen molar-refractivity contribution >= 4 is 15.7 Å². The maximum atomic E-state index is 14.2. The van der Waals surface area contributed by atoms with Gasteiger partial charge in [0.15, 0.2) is 0 Å². The number of sulfonamides is 1. The second-order valence-electron chi connectivity index (χ2n) is 7.54. The van der Waals surface area contributed by atoms with Gasteiger partial charge < -0.3 is 5.11 Å². The molecule has 0 aliphatic carbocycles. The monoisotopic (exact) mass is 447 g/mol. The van der Waals surface area contributed by atoms with E-state index in [9.17, 15) is 26.7 Å². The van der Waals surface area contributed by atoms with Crippen LogP contribution in [-0.2, 0) is 10.0 Å². The van der Waals surface area contributed by atoms with Gasteiger partial charge in [0.25, 0.3) is 10.0 Å². The highest BCUT2D eigenvalue weighted by atomic mass is 32.2. The summed E-state index contributed by atoms with van der Waals surface area (Å²) >= 11 is 0. The summed E-state index contributed by atoms with van der Waals surface area (Å²) in [6.07, 6.45) is -6.46. The molecule has 0 aromatic heterocycles. The van der Waals surface area contributed by atoms with Crippen molar-refractivity contribution < 1.29 is 26.7 Å². The van der Waals surface area contributed by atoms with Crippen molar-refractivity contribution in [3.05, 3.63) is 95.6 Å². The molecule has 1 aliphatic heterocycles. The second-order valence-corrected chi connectivity index (χ2v) is 9.35. The average Bonchev–Trinajstić information content (AvgIpc) is 3.10.